The van der Waals surface area contributed by atoms with Gasteiger partial charge in [0.15, 0.2) is 5.78 Å². The van der Waals surface area contributed by atoms with Crippen LogP contribution in [-0.2, 0) is 27.7 Å². The predicted octanol–water partition coefficient (Wildman–Crippen LogP) is -0.869. The van der Waals surface area contributed by atoms with Crippen molar-refractivity contribution in [1.82, 2.24) is 15.0 Å². The SMILES string of the molecule is CS(=O)(=O)CCCC(=O)Cn1cc(CN)nn1. The molecule has 0 aliphatic rings. The van der Waals surface area contributed by atoms with Crippen molar-refractivity contribution in [2.75, 3.05) is 12.0 Å². The van der Waals surface area contributed by atoms with Gasteiger partial charge in [0.1, 0.15) is 16.4 Å². The number of hydrogen-bond acceptors (Lipinski definition) is 6. The Morgan fingerprint density at radius 3 is 2.76 bits per heavy atom. The fourth-order valence-electron chi connectivity index (χ4n) is 1.30. The molecule has 0 unspecified atom stereocenters. The number of hydrogen-bond donors (Lipinski definition) is 1. The Hall–Kier alpha value is -1.28. The van der Waals surface area contributed by atoms with E-state index in [1.54, 1.807) is 6.20 Å². The minimum Gasteiger partial charge on any atom is -0.325 e. The van der Waals surface area contributed by atoms with Crippen LogP contribution in [0, 0.1) is 0 Å². The van der Waals surface area contributed by atoms with Crippen LogP contribution < -0.4 is 5.73 Å². The van der Waals surface area contributed by atoms with Crippen molar-refractivity contribution >= 4 is 15.6 Å². The first-order chi connectivity index (χ1) is 7.90. The number of nitrogens with two attached hydrogens (primary N) is 1. The molecule has 1 rings (SSSR count). The van der Waals surface area contributed by atoms with Crippen LogP contribution in [0.15, 0.2) is 6.20 Å². The molecule has 0 radical (unpaired) electrons. The lowest BCUT2D eigenvalue weighted by molar-refractivity contribution is -0.119. The first-order valence-electron chi connectivity index (χ1n) is 5.19. The Balaban J connectivity index is 2.34. The summed E-state index contributed by atoms with van der Waals surface area (Å²) in [5, 5.41) is 7.48. The Bertz CT molecular complexity index is 480. The van der Waals surface area contributed by atoms with Gasteiger partial charge in [-0.05, 0) is 6.42 Å². The maximum Gasteiger partial charge on any atom is 0.154 e. The molecule has 0 bridgehead atoms. The van der Waals surface area contributed by atoms with Crippen molar-refractivity contribution < 1.29 is 13.2 Å². The van der Waals surface area contributed by atoms with E-state index >= 15 is 0 Å². The third-order valence-electron chi connectivity index (χ3n) is 2.10. The largest absolute Gasteiger partial charge is 0.325 e. The van der Waals surface area contributed by atoms with Crippen molar-refractivity contribution in [1.29, 1.82) is 0 Å². The second-order valence-corrected chi connectivity index (χ2v) is 6.14. The summed E-state index contributed by atoms with van der Waals surface area (Å²) < 4.78 is 23.1. The molecule has 7 nitrogen and oxygen atoms in total. The zero-order valence-electron chi connectivity index (χ0n) is 9.66. The maximum absolute atomic E-state index is 11.5. The molecule has 17 heavy (non-hydrogen) atoms. The highest BCUT2D eigenvalue weighted by atomic mass is 32.2. The van der Waals surface area contributed by atoms with Crippen LogP contribution in [0.5, 0.6) is 0 Å². The van der Waals surface area contributed by atoms with E-state index in [1.807, 2.05) is 0 Å². The number of rotatable bonds is 7. The molecule has 0 saturated heterocycles. The van der Waals surface area contributed by atoms with E-state index in [1.165, 1.54) is 4.68 Å². The van der Waals surface area contributed by atoms with Crippen LogP contribution >= 0.6 is 0 Å². The van der Waals surface area contributed by atoms with Gasteiger partial charge < -0.3 is 5.73 Å². The van der Waals surface area contributed by atoms with E-state index in [-0.39, 0.29) is 31.0 Å². The van der Waals surface area contributed by atoms with Gasteiger partial charge in [-0.15, -0.1) is 5.10 Å². The van der Waals surface area contributed by atoms with Gasteiger partial charge >= 0.3 is 0 Å². The van der Waals surface area contributed by atoms with Gasteiger partial charge in [0.05, 0.1) is 17.6 Å². The van der Waals surface area contributed by atoms with Crippen LogP contribution in [0.25, 0.3) is 0 Å². The van der Waals surface area contributed by atoms with Gasteiger partial charge in [0.25, 0.3) is 0 Å². The predicted molar refractivity (Wildman–Crippen MR) is 61.9 cm³/mol. The van der Waals surface area contributed by atoms with Gasteiger partial charge in [-0.1, -0.05) is 5.21 Å². The second-order valence-electron chi connectivity index (χ2n) is 3.88. The fraction of sp³-hybridized carbons (Fsp3) is 0.667. The van der Waals surface area contributed by atoms with Crippen molar-refractivity contribution in [3.8, 4) is 0 Å². The molecule has 96 valence electrons. The minimum atomic E-state index is -3.00. The topological polar surface area (TPSA) is 108 Å². The minimum absolute atomic E-state index is 0.0319. The molecule has 0 saturated carbocycles. The number of nitrogens with zero attached hydrogens (tertiary/aromatic N) is 3. The number of carbonyl (C=O) groups excluding carboxylic acids is 1. The summed E-state index contributed by atoms with van der Waals surface area (Å²) in [6.45, 7) is 0.388. The molecule has 1 aromatic heterocycles. The van der Waals surface area contributed by atoms with Crippen LogP contribution in [-0.4, -0.2) is 41.2 Å². The van der Waals surface area contributed by atoms with Crippen LogP contribution in [0.4, 0.5) is 0 Å². The van der Waals surface area contributed by atoms with Gasteiger partial charge in [0.2, 0.25) is 0 Å². The van der Waals surface area contributed by atoms with E-state index < -0.39 is 9.84 Å². The average Bonchev–Trinajstić information content (AvgIpc) is 2.63. The van der Waals surface area contributed by atoms with E-state index in [4.69, 9.17) is 5.73 Å². The zero-order chi connectivity index (χ0) is 12.9. The summed E-state index contributed by atoms with van der Waals surface area (Å²) in [6, 6.07) is 0. The lowest BCUT2D eigenvalue weighted by Crippen LogP contribution is -2.12. The molecular weight excluding hydrogens is 244 g/mol. The Labute approximate surface area is 99.9 Å². The second kappa shape index (κ2) is 5.87. The number of carbonyl (C=O) groups is 1. The first kappa shape index (κ1) is 13.8. The van der Waals surface area contributed by atoms with E-state index in [2.05, 4.69) is 10.3 Å². The molecule has 0 spiro atoms. The molecule has 0 aliphatic carbocycles. The smallest absolute Gasteiger partial charge is 0.154 e. The van der Waals surface area contributed by atoms with Gasteiger partial charge in [0, 0.05) is 19.2 Å². The molecule has 1 aromatic rings. The molecule has 2 N–H and O–H groups in total. The molecule has 1 heterocycles. The molecule has 0 amide bonds. The molecule has 0 aromatic carbocycles. The van der Waals surface area contributed by atoms with Gasteiger partial charge in [-0.2, -0.15) is 0 Å². The molecule has 8 heteroatoms. The molecule has 0 atom stereocenters. The highest BCUT2D eigenvalue weighted by Gasteiger charge is 2.08. The summed E-state index contributed by atoms with van der Waals surface area (Å²) in [4.78, 5) is 11.5. The van der Waals surface area contributed by atoms with E-state index in [0.29, 0.717) is 12.1 Å². The number of aromatic nitrogens is 3. The Morgan fingerprint density at radius 2 is 2.24 bits per heavy atom. The van der Waals surface area contributed by atoms with Crippen molar-refractivity contribution in [3.05, 3.63) is 11.9 Å². The summed E-state index contributed by atoms with van der Waals surface area (Å²) in [5.74, 6) is -0.0356. The number of Topliss-reactive ketones (excluding diaryl/α,β-unsaturated/α-hetero) is 1. The monoisotopic (exact) mass is 260 g/mol. The van der Waals surface area contributed by atoms with Crippen molar-refractivity contribution in [2.24, 2.45) is 5.73 Å². The standard InChI is InChI=1S/C9H16N4O3S/c1-17(15,16)4-2-3-9(14)7-13-6-8(5-10)11-12-13/h6H,2-5,7,10H2,1H3. The molecule has 0 fully saturated rings. The first-order valence-corrected chi connectivity index (χ1v) is 7.25. The van der Waals surface area contributed by atoms with Crippen LogP contribution in [0.3, 0.4) is 0 Å². The summed E-state index contributed by atoms with van der Waals surface area (Å²) in [6.07, 6.45) is 3.33. The maximum atomic E-state index is 11.5. The lowest BCUT2D eigenvalue weighted by atomic mass is 10.2. The normalized spacial score (nSPS) is 11.6. The van der Waals surface area contributed by atoms with Crippen LogP contribution in [0.1, 0.15) is 18.5 Å². The van der Waals surface area contributed by atoms with E-state index in [9.17, 15) is 13.2 Å². The van der Waals surface area contributed by atoms with Gasteiger partial charge in [-0.25, -0.2) is 13.1 Å². The zero-order valence-corrected chi connectivity index (χ0v) is 10.5. The molecular formula is C9H16N4O3S. The fourth-order valence-corrected chi connectivity index (χ4v) is 1.97. The third kappa shape index (κ3) is 5.55. The quantitative estimate of drug-likeness (QED) is 0.682. The number of sulfone groups is 1. The Kier molecular flexibility index (Phi) is 4.76. The van der Waals surface area contributed by atoms with Crippen molar-refractivity contribution in [2.45, 2.75) is 25.9 Å². The summed E-state index contributed by atoms with van der Waals surface area (Å²) in [5.41, 5.74) is 5.97. The number of ketones is 1. The van der Waals surface area contributed by atoms with Crippen molar-refractivity contribution in [3.63, 3.8) is 0 Å². The van der Waals surface area contributed by atoms with Gasteiger partial charge in [-0.3, -0.25) is 4.79 Å². The highest BCUT2D eigenvalue weighted by molar-refractivity contribution is 7.90. The summed E-state index contributed by atoms with van der Waals surface area (Å²) in [7, 11) is -3.00. The van der Waals surface area contributed by atoms with E-state index in [0.717, 1.165) is 6.26 Å². The third-order valence-corrected chi connectivity index (χ3v) is 3.13. The molecule has 0 aliphatic heterocycles. The Morgan fingerprint density at radius 1 is 1.53 bits per heavy atom. The average molecular weight is 260 g/mol. The highest BCUT2D eigenvalue weighted by Crippen LogP contribution is 1.98. The summed E-state index contributed by atoms with van der Waals surface area (Å²) >= 11 is 0. The lowest BCUT2D eigenvalue weighted by Gasteiger charge is -2.00. The van der Waals surface area contributed by atoms with Crippen LogP contribution in [0.2, 0.25) is 0 Å².